The minimum Gasteiger partial charge on any atom is -0.492 e. The largest absolute Gasteiger partial charge is 0.492 e. The second kappa shape index (κ2) is 6.43. The Morgan fingerprint density at radius 2 is 2.29 bits per heavy atom. The lowest BCUT2D eigenvalue weighted by atomic mass is 9.94. The van der Waals surface area contributed by atoms with Gasteiger partial charge in [0.05, 0.1) is 12.0 Å². The molecule has 0 unspecified atom stereocenters. The van der Waals surface area contributed by atoms with Crippen molar-refractivity contribution in [3.8, 4) is 5.75 Å². The van der Waals surface area contributed by atoms with Crippen molar-refractivity contribution in [3.05, 3.63) is 41.4 Å². The highest BCUT2D eigenvalue weighted by Gasteiger charge is 2.32. The van der Waals surface area contributed by atoms with E-state index in [9.17, 15) is 4.79 Å². The molecule has 1 aromatic carbocycles. The predicted molar refractivity (Wildman–Crippen MR) is 89.0 cm³/mol. The van der Waals surface area contributed by atoms with Gasteiger partial charge in [0, 0.05) is 18.1 Å². The Morgan fingerprint density at radius 1 is 1.38 bits per heavy atom. The molecule has 4 rings (SSSR count). The van der Waals surface area contributed by atoms with E-state index >= 15 is 0 Å². The van der Waals surface area contributed by atoms with Crippen LogP contribution in [0.1, 0.15) is 24.4 Å². The average molecular weight is 347 g/mol. The van der Waals surface area contributed by atoms with Gasteiger partial charge in [0.25, 0.3) is 0 Å². The molecule has 6 nitrogen and oxygen atoms in total. The van der Waals surface area contributed by atoms with Crippen LogP contribution in [0.3, 0.4) is 0 Å². The summed E-state index contributed by atoms with van der Waals surface area (Å²) < 4.78 is 7.62. The molecule has 1 fully saturated rings. The molecule has 0 spiro atoms. The van der Waals surface area contributed by atoms with E-state index < -0.39 is 0 Å². The number of fused-ring (bicyclic) bond motifs is 1. The predicted octanol–water partition coefficient (Wildman–Crippen LogP) is 2.35. The Balaban J connectivity index is 1.46. The molecule has 2 atom stereocenters. The fourth-order valence-electron chi connectivity index (χ4n) is 3.56. The molecule has 7 heteroatoms. The smallest absolute Gasteiger partial charge is 0.229 e. The van der Waals surface area contributed by atoms with Crippen molar-refractivity contribution in [2.75, 3.05) is 19.7 Å². The molecule has 1 saturated heterocycles. The number of amides is 1. The van der Waals surface area contributed by atoms with Crippen LogP contribution in [-0.4, -0.2) is 45.3 Å². The summed E-state index contributed by atoms with van der Waals surface area (Å²) in [6.45, 7) is 1.90. The SMILES string of the molecule is O=C([C@@H]1COc2ccc(Cl)cc2C1)N1CCC[C@@H](n2cncn2)C1. The van der Waals surface area contributed by atoms with Gasteiger partial charge in [-0.3, -0.25) is 4.79 Å². The summed E-state index contributed by atoms with van der Waals surface area (Å²) in [5.41, 5.74) is 1.01. The number of benzene rings is 1. The number of piperidine rings is 1. The third-order valence-corrected chi connectivity index (χ3v) is 5.03. The second-order valence-electron chi connectivity index (χ2n) is 6.42. The zero-order valence-corrected chi connectivity index (χ0v) is 14.0. The number of halogens is 1. The average Bonchev–Trinajstić information content (AvgIpc) is 3.15. The van der Waals surface area contributed by atoms with Crippen molar-refractivity contribution in [1.82, 2.24) is 19.7 Å². The minimum atomic E-state index is -0.148. The zero-order valence-electron chi connectivity index (χ0n) is 13.3. The van der Waals surface area contributed by atoms with Crippen molar-refractivity contribution in [2.45, 2.75) is 25.3 Å². The van der Waals surface area contributed by atoms with Crippen molar-refractivity contribution in [1.29, 1.82) is 0 Å². The summed E-state index contributed by atoms with van der Waals surface area (Å²) in [5, 5.41) is 4.89. The van der Waals surface area contributed by atoms with Crippen molar-refractivity contribution >= 4 is 17.5 Å². The summed E-state index contributed by atoms with van der Waals surface area (Å²) in [5.74, 6) is 0.846. The van der Waals surface area contributed by atoms with Gasteiger partial charge in [-0.25, -0.2) is 9.67 Å². The number of hydrogen-bond donors (Lipinski definition) is 0. The summed E-state index contributed by atoms with van der Waals surface area (Å²) in [7, 11) is 0. The zero-order chi connectivity index (χ0) is 16.5. The third-order valence-electron chi connectivity index (χ3n) is 4.80. The summed E-state index contributed by atoms with van der Waals surface area (Å²) >= 11 is 6.06. The van der Waals surface area contributed by atoms with Crippen molar-refractivity contribution in [2.24, 2.45) is 5.92 Å². The molecule has 0 saturated carbocycles. The van der Waals surface area contributed by atoms with Crippen molar-refractivity contribution in [3.63, 3.8) is 0 Å². The number of aromatic nitrogens is 3. The van der Waals surface area contributed by atoms with E-state index in [0.717, 1.165) is 30.7 Å². The summed E-state index contributed by atoms with van der Waals surface area (Å²) in [6.07, 6.45) is 5.94. The fraction of sp³-hybridized carbons (Fsp3) is 0.471. The number of likely N-dealkylation sites (tertiary alicyclic amines) is 1. The first-order valence-corrected chi connectivity index (χ1v) is 8.62. The first-order chi connectivity index (χ1) is 11.7. The van der Waals surface area contributed by atoms with Gasteiger partial charge in [-0.05, 0) is 43.0 Å². The molecular formula is C17H19ClN4O2. The Hall–Kier alpha value is -2.08. The molecule has 1 amide bonds. The highest BCUT2D eigenvalue weighted by molar-refractivity contribution is 6.30. The fourth-order valence-corrected chi connectivity index (χ4v) is 3.75. The molecule has 1 aromatic heterocycles. The molecule has 0 N–H and O–H groups in total. The van der Waals surface area contributed by atoms with Crippen LogP contribution in [0.15, 0.2) is 30.9 Å². The topological polar surface area (TPSA) is 60.2 Å². The molecule has 126 valence electrons. The Morgan fingerprint density at radius 3 is 3.12 bits per heavy atom. The van der Waals surface area contributed by atoms with Gasteiger partial charge >= 0.3 is 0 Å². The van der Waals surface area contributed by atoms with E-state index in [2.05, 4.69) is 10.1 Å². The van der Waals surface area contributed by atoms with Crippen LogP contribution in [0.2, 0.25) is 5.02 Å². The van der Waals surface area contributed by atoms with Crippen LogP contribution in [0, 0.1) is 5.92 Å². The number of rotatable bonds is 2. The van der Waals surface area contributed by atoms with Gasteiger partial charge in [-0.2, -0.15) is 5.10 Å². The molecule has 2 aromatic rings. The van der Waals surface area contributed by atoms with Gasteiger partial charge in [-0.1, -0.05) is 11.6 Å². The van der Waals surface area contributed by atoms with E-state index in [1.807, 2.05) is 27.8 Å². The van der Waals surface area contributed by atoms with Gasteiger partial charge in [0.15, 0.2) is 0 Å². The van der Waals surface area contributed by atoms with Gasteiger partial charge in [-0.15, -0.1) is 0 Å². The first-order valence-electron chi connectivity index (χ1n) is 8.25. The molecule has 0 radical (unpaired) electrons. The number of ether oxygens (including phenoxy) is 1. The number of nitrogens with zero attached hydrogens (tertiary/aromatic N) is 4. The number of carbonyl (C=O) groups is 1. The lowest BCUT2D eigenvalue weighted by Crippen LogP contribution is -2.46. The van der Waals surface area contributed by atoms with Gasteiger partial charge < -0.3 is 9.64 Å². The van der Waals surface area contributed by atoms with Crippen LogP contribution in [0.4, 0.5) is 0 Å². The number of hydrogen-bond acceptors (Lipinski definition) is 4. The molecule has 0 aliphatic carbocycles. The van der Waals surface area contributed by atoms with Crippen molar-refractivity contribution < 1.29 is 9.53 Å². The van der Waals surface area contributed by atoms with Crippen LogP contribution in [0.25, 0.3) is 0 Å². The maximum Gasteiger partial charge on any atom is 0.229 e. The molecular weight excluding hydrogens is 328 g/mol. The van der Waals surface area contributed by atoms with Crippen LogP contribution in [-0.2, 0) is 11.2 Å². The normalized spacial score (nSPS) is 23.5. The van der Waals surface area contributed by atoms with E-state index in [4.69, 9.17) is 16.3 Å². The van der Waals surface area contributed by atoms with Crippen LogP contribution < -0.4 is 4.74 Å². The van der Waals surface area contributed by atoms with E-state index in [1.165, 1.54) is 6.33 Å². The maximum atomic E-state index is 12.9. The summed E-state index contributed by atoms with van der Waals surface area (Å²) in [6, 6.07) is 5.79. The number of carbonyl (C=O) groups excluding carboxylic acids is 1. The molecule has 3 heterocycles. The van der Waals surface area contributed by atoms with E-state index in [1.54, 1.807) is 6.33 Å². The lowest BCUT2D eigenvalue weighted by molar-refractivity contribution is -0.138. The van der Waals surface area contributed by atoms with E-state index in [-0.39, 0.29) is 17.9 Å². The highest BCUT2D eigenvalue weighted by Crippen LogP contribution is 2.31. The Bertz CT molecular complexity index is 734. The van der Waals surface area contributed by atoms with E-state index in [0.29, 0.717) is 24.6 Å². The Kier molecular flexibility index (Phi) is 4.14. The minimum absolute atomic E-state index is 0.148. The van der Waals surface area contributed by atoms with Crippen LogP contribution >= 0.6 is 11.6 Å². The highest BCUT2D eigenvalue weighted by atomic mass is 35.5. The quantitative estimate of drug-likeness (QED) is 0.837. The third kappa shape index (κ3) is 2.98. The Labute approximate surface area is 145 Å². The molecule has 24 heavy (non-hydrogen) atoms. The first kappa shape index (κ1) is 15.4. The molecule has 0 bridgehead atoms. The maximum absolute atomic E-state index is 12.9. The lowest BCUT2D eigenvalue weighted by Gasteiger charge is -2.36. The molecule has 2 aliphatic rings. The second-order valence-corrected chi connectivity index (χ2v) is 6.86. The summed E-state index contributed by atoms with van der Waals surface area (Å²) in [4.78, 5) is 18.9. The van der Waals surface area contributed by atoms with Gasteiger partial charge in [0.1, 0.15) is 25.0 Å². The van der Waals surface area contributed by atoms with Gasteiger partial charge in [0.2, 0.25) is 5.91 Å². The standard InChI is InChI=1S/C17H19ClN4O2/c18-14-3-4-16-12(7-14)6-13(9-24-16)17(23)21-5-1-2-15(8-21)22-11-19-10-20-22/h3-4,7,10-11,13,15H,1-2,5-6,8-9H2/t13-,15+/m0/s1. The molecule has 2 aliphatic heterocycles. The van der Waals surface area contributed by atoms with Crippen LogP contribution in [0.5, 0.6) is 5.75 Å². The monoisotopic (exact) mass is 346 g/mol.